The summed E-state index contributed by atoms with van der Waals surface area (Å²) in [5.41, 5.74) is 1.91. The van der Waals surface area contributed by atoms with Crippen molar-refractivity contribution in [1.29, 1.82) is 0 Å². The van der Waals surface area contributed by atoms with Crippen LogP contribution in [-0.4, -0.2) is 29.3 Å². The smallest absolute Gasteiger partial charge is 0.251 e. The van der Waals surface area contributed by atoms with Crippen molar-refractivity contribution < 1.29 is 9.53 Å². The van der Waals surface area contributed by atoms with E-state index < -0.39 is 0 Å². The SMILES string of the molecule is CCOCC(=O)Nc1n[nH]c(C)c1C. The molecule has 1 aromatic rings. The van der Waals surface area contributed by atoms with Crippen LogP contribution in [0.2, 0.25) is 0 Å². The molecule has 1 amide bonds. The van der Waals surface area contributed by atoms with Gasteiger partial charge in [-0.25, -0.2) is 0 Å². The minimum Gasteiger partial charge on any atom is -0.372 e. The van der Waals surface area contributed by atoms with Gasteiger partial charge in [0.25, 0.3) is 5.91 Å². The molecule has 0 aliphatic rings. The first kappa shape index (κ1) is 10.7. The Bertz CT molecular complexity index is 320. The van der Waals surface area contributed by atoms with Crippen molar-refractivity contribution in [2.75, 3.05) is 18.5 Å². The summed E-state index contributed by atoms with van der Waals surface area (Å²) in [6.45, 7) is 6.25. The molecule has 1 heterocycles. The number of amides is 1. The standard InChI is InChI=1S/C9H15N3O2/c1-4-14-5-8(13)10-9-6(2)7(3)11-12-9/h4-5H2,1-3H3,(H2,10,11,12,13). The van der Waals surface area contributed by atoms with Gasteiger partial charge in [-0.05, 0) is 20.8 Å². The van der Waals surface area contributed by atoms with Gasteiger partial charge in [0.1, 0.15) is 6.61 Å². The Morgan fingerprint density at radius 2 is 2.29 bits per heavy atom. The minimum atomic E-state index is -0.179. The Hall–Kier alpha value is -1.36. The summed E-state index contributed by atoms with van der Waals surface area (Å²) in [5.74, 6) is 0.397. The predicted octanol–water partition coefficient (Wildman–Crippen LogP) is 1.00. The second-order valence-corrected chi connectivity index (χ2v) is 3.01. The van der Waals surface area contributed by atoms with Crippen LogP contribution in [0.4, 0.5) is 5.82 Å². The van der Waals surface area contributed by atoms with Crippen molar-refractivity contribution in [3.8, 4) is 0 Å². The zero-order valence-corrected chi connectivity index (χ0v) is 8.68. The van der Waals surface area contributed by atoms with Gasteiger partial charge < -0.3 is 10.1 Å². The lowest BCUT2D eigenvalue weighted by atomic mass is 10.3. The summed E-state index contributed by atoms with van der Waals surface area (Å²) in [6.07, 6.45) is 0. The van der Waals surface area contributed by atoms with Crippen LogP contribution in [0.3, 0.4) is 0 Å². The normalized spacial score (nSPS) is 10.2. The number of carbonyl (C=O) groups is 1. The second kappa shape index (κ2) is 4.76. The van der Waals surface area contributed by atoms with Gasteiger partial charge in [0.2, 0.25) is 0 Å². The zero-order chi connectivity index (χ0) is 10.6. The summed E-state index contributed by atoms with van der Waals surface area (Å²) in [7, 11) is 0. The third-order valence-corrected chi connectivity index (χ3v) is 1.95. The van der Waals surface area contributed by atoms with Gasteiger partial charge in [0, 0.05) is 17.9 Å². The van der Waals surface area contributed by atoms with Crippen LogP contribution in [0, 0.1) is 13.8 Å². The lowest BCUT2D eigenvalue weighted by molar-refractivity contribution is -0.120. The molecule has 0 spiro atoms. The third kappa shape index (κ3) is 2.56. The van der Waals surface area contributed by atoms with E-state index in [2.05, 4.69) is 15.5 Å². The number of aryl methyl sites for hydroxylation is 1. The van der Waals surface area contributed by atoms with Gasteiger partial charge in [-0.15, -0.1) is 0 Å². The first-order valence-electron chi connectivity index (χ1n) is 4.54. The van der Waals surface area contributed by atoms with Gasteiger partial charge >= 0.3 is 0 Å². The predicted molar refractivity (Wildman–Crippen MR) is 53.2 cm³/mol. The summed E-state index contributed by atoms with van der Waals surface area (Å²) in [4.78, 5) is 11.2. The Balaban J connectivity index is 2.52. The van der Waals surface area contributed by atoms with Crippen molar-refractivity contribution in [2.24, 2.45) is 0 Å². The van der Waals surface area contributed by atoms with Gasteiger partial charge in [-0.3, -0.25) is 9.89 Å². The second-order valence-electron chi connectivity index (χ2n) is 3.01. The molecule has 5 nitrogen and oxygen atoms in total. The molecule has 14 heavy (non-hydrogen) atoms. The monoisotopic (exact) mass is 197 g/mol. The maximum absolute atomic E-state index is 11.2. The number of ether oxygens (including phenoxy) is 1. The van der Waals surface area contributed by atoms with E-state index in [0.717, 1.165) is 11.3 Å². The molecular weight excluding hydrogens is 182 g/mol. The molecule has 0 aliphatic heterocycles. The lowest BCUT2D eigenvalue weighted by Crippen LogP contribution is -2.18. The largest absolute Gasteiger partial charge is 0.372 e. The van der Waals surface area contributed by atoms with Crippen molar-refractivity contribution in [3.63, 3.8) is 0 Å². The average molecular weight is 197 g/mol. The number of carbonyl (C=O) groups excluding carboxylic acids is 1. The summed E-state index contributed by atoms with van der Waals surface area (Å²) in [5, 5.41) is 9.40. The van der Waals surface area contributed by atoms with Crippen molar-refractivity contribution >= 4 is 11.7 Å². The maximum atomic E-state index is 11.2. The van der Waals surface area contributed by atoms with E-state index in [4.69, 9.17) is 4.74 Å². The van der Waals surface area contributed by atoms with E-state index in [-0.39, 0.29) is 12.5 Å². The third-order valence-electron chi connectivity index (χ3n) is 1.95. The fraction of sp³-hybridized carbons (Fsp3) is 0.556. The highest BCUT2D eigenvalue weighted by Crippen LogP contribution is 2.13. The highest BCUT2D eigenvalue weighted by atomic mass is 16.5. The average Bonchev–Trinajstić information content (AvgIpc) is 2.46. The van der Waals surface area contributed by atoms with Crippen molar-refractivity contribution in [2.45, 2.75) is 20.8 Å². The Morgan fingerprint density at radius 3 is 2.79 bits per heavy atom. The fourth-order valence-electron chi connectivity index (χ4n) is 0.970. The molecule has 0 fully saturated rings. The Kier molecular flexibility index (Phi) is 3.64. The lowest BCUT2D eigenvalue weighted by Gasteiger charge is -2.02. The van der Waals surface area contributed by atoms with Gasteiger partial charge in [-0.1, -0.05) is 0 Å². The summed E-state index contributed by atoms with van der Waals surface area (Å²) < 4.78 is 4.96. The molecule has 0 radical (unpaired) electrons. The molecule has 0 bridgehead atoms. The van der Waals surface area contributed by atoms with E-state index in [1.54, 1.807) is 0 Å². The summed E-state index contributed by atoms with van der Waals surface area (Å²) >= 11 is 0. The molecule has 0 atom stereocenters. The number of H-pyrrole nitrogens is 1. The van der Waals surface area contributed by atoms with E-state index in [1.165, 1.54) is 0 Å². The number of hydrogen-bond acceptors (Lipinski definition) is 3. The number of aromatic amines is 1. The van der Waals surface area contributed by atoms with Gasteiger partial charge in [0.15, 0.2) is 5.82 Å². The van der Waals surface area contributed by atoms with Gasteiger partial charge in [-0.2, -0.15) is 5.10 Å². The molecule has 1 aromatic heterocycles. The Morgan fingerprint density at radius 1 is 1.57 bits per heavy atom. The van der Waals surface area contributed by atoms with E-state index in [0.29, 0.717) is 12.4 Å². The molecule has 1 rings (SSSR count). The molecule has 0 aliphatic carbocycles. The van der Waals surface area contributed by atoms with Crippen LogP contribution < -0.4 is 5.32 Å². The highest BCUT2D eigenvalue weighted by molar-refractivity contribution is 5.91. The van der Waals surface area contributed by atoms with Crippen LogP contribution in [-0.2, 0) is 9.53 Å². The summed E-state index contributed by atoms with van der Waals surface area (Å²) in [6, 6.07) is 0. The van der Waals surface area contributed by atoms with Gasteiger partial charge in [0.05, 0.1) is 0 Å². The topological polar surface area (TPSA) is 67.0 Å². The highest BCUT2D eigenvalue weighted by Gasteiger charge is 2.08. The quantitative estimate of drug-likeness (QED) is 0.756. The maximum Gasteiger partial charge on any atom is 0.251 e. The molecule has 0 aromatic carbocycles. The van der Waals surface area contributed by atoms with E-state index in [1.807, 2.05) is 20.8 Å². The molecule has 78 valence electrons. The first-order valence-corrected chi connectivity index (χ1v) is 4.54. The number of rotatable bonds is 4. The van der Waals surface area contributed by atoms with Crippen LogP contribution in [0.5, 0.6) is 0 Å². The van der Waals surface area contributed by atoms with Crippen LogP contribution in [0.1, 0.15) is 18.2 Å². The molecule has 2 N–H and O–H groups in total. The molecule has 0 saturated carbocycles. The minimum absolute atomic E-state index is 0.0713. The molecule has 5 heteroatoms. The zero-order valence-electron chi connectivity index (χ0n) is 8.68. The van der Waals surface area contributed by atoms with Crippen molar-refractivity contribution in [3.05, 3.63) is 11.3 Å². The Labute approximate surface area is 82.8 Å². The van der Waals surface area contributed by atoms with Crippen molar-refractivity contribution in [1.82, 2.24) is 10.2 Å². The number of nitrogens with one attached hydrogen (secondary N) is 2. The fourth-order valence-corrected chi connectivity index (χ4v) is 0.970. The first-order chi connectivity index (χ1) is 6.65. The van der Waals surface area contributed by atoms with E-state index >= 15 is 0 Å². The molecular formula is C9H15N3O2. The number of hydrogen-bond donors (Lipinski definition) is 2. The molecule has 0 unspecified atom stereocenters. The van der Waals surface area contributed by atoms with Crippen LogP contribution in [0.15, 0.2) is 0 Å². The van der Waals surface area contributed by atoms with E-state index in [9.17, 15) is 4.79 Å². The number of aromatic nitrogens is 2. The van der Waals surface area contributed by atoms with Crippen LogP contribution in [0.25, 0.3) is 0 Å². The van der Waals surface area contributed by atoms with Crippen LogP contribution >= 0.6 is 0 Å². The molecule has 0 saturated heterocycles. The number of anilines is 1. The number of nitrogens with zero attached hydrogens (tertiary/aromatic N) is 1.